The first-order valence-corrected chi connectivity index (χ1v) is 6.43. The van der Waals surface area contributed by atoms with E-state index >= 15 is 0 Å². The lowest BCUT2D eigenvalue weighted by Crippen LogP contribution is -2.29. The number of hydrogen-bond acceptors (Lipinski definition) is 3. The highest BCUT2D eigenvalue weighted by atomic mass is 16.2. The number of carbonyl (C=O) groups is 3. The molecule has 0 saturated carbocycles. The minimum absolute atomic E-state index is 0.219. The highest BCUT2D eigenvalue weighted by molar-refractivity contribution is 6.34. The van der Waals surface area contributed by atoms with Crippen LogP contribution in [-0.2, 0) is 0 Å². The van der Waals surface area contributed by atoms with Gasteiger partial charge in [-0.25, -0.2) is 4.90 Å². The number of nitrogens with zero attached hydrogens (tertiary/aromatic N) is 1. The van der Waals surface area contributed by atoms with Gasteiger partial charge in [-0.3, -0.25) is 14.4 Å². The molecule has 5 nitrogen and oxygen atoms in total. The van der Waals surface area contributed by atoms with Gasteiger partial charge in [-0.15, -0.1) is 0 Å². The first-order chi connectivity index (χ1) is 10.1. The summed E-state index contributed by atoms with van der Waals surface area (Å²) in [5, 5.41) is 2.52. The van der Waals surface area contributed by atoms with Gasteiger partial charge in [0.25, 0.3) is 17.7 Å². The molecule has 0 aliphatic carbocycles. The Morgan fingerprint density at radius 2 is 1.43 bits per heavy atom. The number of fused-ring (bicyclic) bond motifs is 1. The second-order valence-electron chi connectivity index (χ2n) is 4.62. The van der Waals surface area contributed by atoms with Gasteiger partial charge >= 0.3 is 0 Å². The predicted octanol–water partition coefficient (Wildman–Crippen LogP) is 1.85. The van der Waals surface area contributed by atoms with Crippen molar-refractivity contribution in [2.24, 2.45) is 0 Å². The predicted molar refractivity (Wildman–Crippen MR) is 77.4 cm³/mol. The molecule has 0 fully saturated rings. The van der Waals surface area contributed by atoms with Crippen LogP contribution in [0.5, 0.6) is 0 Å². The van der Waals surface area contributed by atoms with Crippen LogP contribution in [0.1, 0.15) is 31.1 Å². The van der Waals surface area contributed by atoms with E-state index in [0.717, 1.165) is 4.90 Å². The summed E-state index contributed by atoms with van der Waals surface area (Å²) >= 11 is 0. The summed E-state index contributed by atoms with van der Waals surface area (Å²) in [6, 6.07) is 13.1. The lowest BCUT2D eigenvalue weighted by Gasteiger charge is -2.14. The van der Waals surface area contributed by atoms with Gasteiger partial charge in [0.15, 0.2) is 0 Å². The standard InChI is InChI=1S/C16H12N2O3/c1-17-14(19)10-6-8-11(9-7-10)18-15(20)12-4-2-3-5-13(12)16(18)21/h2-9H,1H3,(H,17,19). The van der Waals surface area contributed by atoms with Crippen molar-refractivity contribution in [2.45, 2.75) is 0 Å². The Morgan fingerprint density at radius 1 is 0.905 bits per heavy atom. The SMILES string of the molecule is CNC(=O)c1ccc(N2C(=O)c3ccccc3C2=O)cc1. The molecule has 0 spiro atoms. The Bertz CT molecular complexity index is 715. The van der Waals surface area contributed by atoms with E-state index in [1.54, 1.807) is 55.6 Å². The normalized spacial score (nSPS) is 13.3. The Balaban J connectivity index is 1.97. The molecule has 2 aromatic carbocycles. The largest absolute Gasteiger partial charge is 0.355 e. The monoisotopic (exact) mass is 280 g/mol. The molecule has 1 aliphatic rings. The molecular weight excluding hydrogens is 268 g/mol. The van der Waals surface area contributed by atoms with Crippen molar-refractivity contribution in [2.75, 3.05) is 11.9 Å². The fourth-order valence-electron chi connectivity index (χ4n) is 2.33. The summed E-state index contributed by atoms with van der Waals surface area (Å²) in [4.78, 5) is 37.2. The third-order valence-electron chi connectivity index (χ3n) is 3.41. The molecule has 1 N–H and O–H groups in total. The van der Waals surface area contributed by atoms with Crippen LogP contribution in [-0.4, -0.2) is 24.8 Å². The van der Waals surface area contributed by atoms with Gasteiger partial charge in [0, 0.05) is 12.6 Å². The summed E-state index contributed by atoms with van der Waals surface area (Å²) in [5.74, 6) is -0.907. The molecule has 0 bridgehead atoms. The van der Waals surface area contributed by atoms with Crippen molar-refractivity contribution in [3.63, 3.8) is 0 Å². The third-order valence-corrected chi connectivity index (χ3v) is 3.41. The summed E-state index contributed by atoms with van der Waals surface area (Å²) in [7, 11) is 1.54. The van der Waals surface area contributed by atoms with E-state index in [2.05, 4.69) is 5.32 Å². The van der Waals surface area contributed by atoms with Gasteiger partial charge in [0.2, 0.25) is 0 Å². The zero-order valence-corrected chi connectivity index (χ0v) is 11.3. The number of hydrogen-bond donors (Lipinski definition) is 1. The van der Waals surface area contributed by atoms with Gasteiger partial charge in [-0.05, 0) is 36.4 Å². The molecule has 5 heteroatoms. The average molecular weight is 280 g/mol. The fraction of sp³-hybridized carbons (Fsp3) is 0.0625. The number of anilines is 1. The maximum absolute atomic E-state index is 12.3. The highest BCUT2D eigenvalue weighted by Crippen LogP contribution is 2.28. The van der Waals surface area contributed by atoms with Gasteiger partial charge in [0.05, 0.1) is 16.8 Å². The third kappa shape index (κ3) is 1.99. The van der Waals surface area contributed by atoms with E-state index in [4.69, 9.17) is 0 Å². The second kappa shape index (κ2) is 4.86. The first kappa shape index (κ1) is 13.1. The zero-order valence-electron chi connectivity index (χ0n) is 11.3. The van der Waals surface area contributed by atoms with Crippen molar-refractivity contribution < 1.29 is 14.4 Å². The second-order valence-corrected chi connectivity index (χ2v) is 4.62. The van der Waals surface area contributed by atoms with Crippen LogP contribution >= 0.6 is 0 Å². The molecule has 21 heavy (non-hydrogen) atoms. The fourth-order valence-corrected chi connectivity index (χ4v) is 2.33. The molecule has 0 atom stereocenters. The molecule has 2 aromatic rings. The topological polar surface area (TPSA) is 66.5 Å². The Labute approximate surface area is 121 Å². The van der Waals surface area contributed by atoms with Crippen LogP contribution in [0.25, 0.3) is 0 Å². The van der Waals surface area contributed by atoms with Crippen LogP contribution in [0.2, 0.25) is 0 Å². The molecule has 0 unspecified atom stereocenters. The summed E-state index contributed by atoms with van der Waals surface area (Å²) < 4.78 is 0. The van der Waals surface area contributed by atoms with Crippen molar-refractivity contribution in [1.82, 2.24) is 5.32 Å². The molecule has 104 valence electrons. The van der Waals surface area contributed by atoms with Crippen LogP contribution in [0.3, 0.4) is 0 Å². The van der Waals surface area contributed by atoms with E-state index in [1.807, 2.05) is 0 Å². The molecule has 0 saturated heterocycles. The average Bonchev–Trinajstić information content (AvgIpc) is 2.79. The number of rotatable bonds is 2. The molecule has 0 aromatic heterocycles. The number of carbonyl (C=O) groups excluding carboxylic acids is 3. The molecular formula is C16H12N2O3. The first-order valence-electron chi connectivity index (χ1n) is 6.43. The van der Waals surface area contributed by atoms with Crippen LogP contribution in [0.15, 0.2) is 48.5 Å². The molecule has 3 rings (SSSR count). The van der Waals surface area contributed by atoms with Gasteiger partial charge in [-0.2, -0.15) is 0 Å². The highest BCUT2D eigenvalue weighted by Gasteiger charge is 2.36. The van der Waals surface area contributed by atoms with Crippen LogP contribution < -0.4 is 10.2 Å². The number of benzene rings is 2. The number of amides is 3. The quantitative estimate of drug-likeness (QED) is 0.854. The Hall–Kier alpha value is -2.95. The molecule has 1 aliphatic heterocycles. The summed E-state index contributed by atoms with van der Waals surface area (Å²) in [5.41, 5.74) is 1.72. The summed E-state index contributed by atoms with van der Waals surface area (Å²) in [6.45, 7) is 0. The van der Waals surface area contributed by atoms with E-state index < -0.39 is 0 Å². The Morgan fingerprint density at radius 3 is 1.90 bits per heavy atom. The van der Waals surface area contributed by atoms with Crippen molar-refractivity contribution >= 4 is 23.4 Å². The minimum Gasteiger partial charge on any atom is -0.355 e. The maximum Gasteiger partial charge on any atom is 0.266 e. The molecule has 1 heterocycles. The summed E-state index contributed by atoms with van der Waals surface area (Å²) in [6.07, 6.45) is 0. The smallest absolute Gasteiger partial charge is 0.266 e. The number of imide groups is 1. The van der Waals surface area contributed by atoms with E-state index in [0.29, 0.717) is 22.4 Å². The number of nitrogens with one attached hydrogen (secondary N) is 1. The lowest BCUT2D eigenvalue weighted by atomic mass is 10.1. The Kier molecular flexibility index (Phi) is 3.02. The zero-order chi connectivity index (χ0) is 15.0. The van der Waals surface area contributed by atoms with Crippen molar-refractivity contribution in [3.8, 4) is 0 Å². The van der Waals surface area contributed by atoms with Gasteiger partial charge in [-0.1, -0.05) is 12.1 Å². The van der Waals surface area contributed by atoms with Crippen molar-refractivity contribution in [3.05, 3.63) is 65.2 Å². The van der Waals surface area contributed by atoms with Crippen LogP contribution in [0.4, 0.5) is 5.69 Å². The minimum atomic E-state index is -0.344. The van der Waals surface area contributed by atoms with Crippen LogP contribution in [0, 0.1) is 0 Å². The maximum atomic E-state index is 12.3. The lowest BCUT2D eigenvalue weighted by molar-refractivity contribution is 0.0924. The van der Waals surface area contributed by atoms with E-state index in [-0.39, 0.29) is 17.7 Å². The van der Waals surface area contributed by atoms with E-state index in [9.17, 15) is 14.4 Å². The van der Waals surface area contributed by atoms with Crippen molar-refractivity contribution in [1.29, 1.82) is 0 Å². The molecule has 3 amide bonds. The van der Waals surface area contributed by atoms with Gasteiger partial charge in [0.1, 0.15) is 0 Å². The van der Waals surface area contributed by atoms with E-state index in [1.165, 1.54) is 0 Å². The molecule has 0 radical (unpaired) electrons. The van der Waals surface area contributed by atoms with Gasteiger partial charge < -0.3 is 5.32 Å².